The van der Waals surface area contributed by atoms with E-state index in [1.54, 1.807) is 0 Å². The van der Waals surface area contributed by atoms with Crippen LogP contribution in [0.15, 0.2) is 18.2 Å². The highest BCUT2D eigenvalue weighted by Crippen LogP contribution is 2.27. The molecule has 1 aromatic rings. The normalized spacial score (nSPS) is 11.9. The van der Waals surface area contributed by atoms with E-state index >= 15 is 0 Å². The second-order valence-electron chi connectivity index (χ2n) is 4.66. The van der Waals surface area contributed by atoms with Gasteiger partial charge in [0.25, 0.3) is 0 Å². The van der Waals surface area contributed by atoms with Crippen molar-refractivity contribution in [1.29, 1.82) is 5.26 Å². The standard InChI is InChI=1S/C16H23NO/c1-4-11-18-15-8-9-16(14(5-2)12-15)13(3)7-6-10-17/h8-9,12-13H,4-7,11H2,1-3H3. The van der Waals surface area contributed by atoms with Crippen LogP contribution < -0.4 is 4.74 Å². The molecule has 0 saturated carbocycles. The summed E-state index contributed by atoms with van der Waals surface area (Å²) in [5, 5.41) is 8.66. The second-order valence-corrected chi connectivity index (χ2v) is 4.66. The zero-order chi connectivity index (χ0) is 13.4. The fourth-order valence-corrected chi connectivity index (χ4v) is 2.12. The van der Waals surface area contributed by atoms with Crippen LogP contribution in [-0.2, 0) is 6.42 Å². The molecule has 0 bridgehead atoms. The van der Waals surface area contributed by atoms with Crippen LogP contribution >= 0.6 is 0 Å². The van der Waals surface area contributed by atoms with Crippen molar-refractivity contribution in [2.45, 2.75) is 52.4 Å². The first kappa shape index (κ1) is 14.6. The highest BCUT2D eigenvalue weighted by molar-refractivity contribution is 5.37. The van der Waals surface area contributed by atoms with Gasteiger partial charge in [0.05, 0.1) is 12.7 Å². The number of nitriles is 1. The number of nitrogens with zero attached hydrogens (tertiary/aromatic N) is 1. The Bertz CT molecular complexity index is 406. The van der Waals surface area contributed by atoms with Gasteiger partial charge >= 0.3 is 0 Å². The fourth-order valence-electron chi connectivity index (χ4n) is 2.12. The monoisotopic (exact) mass is 245 g/mol. The summed E-state index contributed by atoms with van der Waals surface area (Å²) < 4.78 is 5.66. The van der Waals surface area contributed by atoms with Crippen LogP contribution in [0.3, 0.4) is 0 Å². The van der Waals surface area contributed by atoms with E-state index in [1.165, 1.54) is 11.1 Å². The van der Waals surface area contributed by atoms with E-state index in [1.807, 2.05) is 6.07 Å². The smallest absolute Gasteiger partial charge is 0.119 e. The lowest BCUT2D eigenvalue weighted by Crippen LogP contribution is -2.01. The second kappa shape index (κ2) is 7.76. The third-order valence-corrected chi connectivity index (χ3v) is 3.19. The van der Waals surface area contributed by atoms with E-state index in [9.17, 15) is 0 Å². The molecule has 0 N–H and O–H groups in total. The first-order valence-corrected chi connectivity index (χ1v) is 6.85. The lowest BCUT2D eigenvalue weighted by atomic mass is 9.91. The van der Waals surface area contributed by atoms with Crippen LogP contribution in [0, 0.1) is 11.3 Å². The van der Waals surface area contributed by atoms with Gasteiger partial charge in [-0.2, -0.15) is 5.26 Å². The molecule has 0 saturated heterocycles. The molecule has 0 spiro atoms. The number of benzene rings is 1. The van der Waals surface area contributed by atoms with Gasteiger partial charge in [-0.3, -0.25) is 0 Å². The largest absolute Gasteiger partial charge is 0.494 e. The van der Waals surface area contributed by atoms with Crippen molar-refractivity contribution in [3.8, 4) is 11.8 Å². The van der Waals surface area contributed by atoms with Gasteiger partial charge < -0.3 is 4.74 Å². The molecule has 2 heteroatoms. The van der Waals surface area contributed by atoms with E-state index < -0.39 is 0 Å². The SMILES string of the molecule is CCCOc1ccc(C(C)CCC#N)c(CC)c1. The van der Waals surface area contributed by atoms with Gasteiger partial charge in [-0.25, -0.2) is 0 Å². The molecule has 0 aliphatic carbocycles. The van der Waals surface area contributed by atoms with Crippen molar-refractivity contribution in [2.24, 2.45) is 0 Å². The fraction of sp³-hybridized carbons (Fsp3) is 0.562. The molecule has 18 heavy (non-hydrogen) atoms. The van der Waals surface area contributed by atoms with Gasteiger partial charge in [-0.1, -0.05) is 26.8 Å². The predicted molar refractivity (Wildman–Crippen MR) is 74.9 cm³/mol. The Morgan fingerprint density at radius 3 is 2.72 bits per heavy atom. The van der Waals surface area contributed by atoms with Crippen LogP contribution in [0.4, 0.5) is 0 Å². The topological polar surface area (TPSA) is 33.0 Å². The molecular formula is C16H23NO. The van der Waals surface area contributed by atoms with E-state index in [-0.39, 0.29) is 0 Å². The predicted octanol–water partition coefficient (Wildman–Crippen LogP) is 4.45. The van der Waals surface area contributed by atoms with E-state index in [2.05, 4.69) is 39.0 Å². The van der Waals surface area contributed by atoms with Gasteiger partial charge in [-0.05, 0) is 48.4 Å². The number of aryl methyl sites for hydroxylation is 1. The molecule has 1 aromatic carbocycles. The van der Waals surface area contributed by atoms with Crippen molar-refractivity contribution >= 4 is 0 Å². The summed E-state index contributed by atoms with van der Waals surface area (Å²) in [6.45, 7) is 7.24. The first-order chi connectivity index (χ1) is 8.72. The Morgan fingerprint density at radius 1 is 1.33 bits per heavy atom. The summed E-state index contributed by atoms with van der Waals surface area (Å²) in [7, 11) is 0. The third-order valence-electron chi connectivity index (χ3n) is 3.19. The zero-order valence-corrected chi connectivity index (χ0v) is 11.7. The molecule has 1 rings (SSSR count). The molecule has 2 nitrogen and oxygen atoms in total. The molecule has 0 heterocycles. The van der Waals surface area contributed by atoms with Crippen molar-refractivity contribution in [3.63, 3.8) is 0 Å². The van der Waals surface area contributed by atoms with Crippen LogP contribution in [0.25, 0.3) is 0 Å². The molecule has 0 aromatic heterocycles. The summed E-state index contributed by atoms with van der Waals surface area (Å²) >= 11 is 0. The van der Waals surface area contributed by atoms with Gasteiger partial charge in [0.2, 0.25) is 0 Å². The minimum atomic E-state index is 0.444. The maximum absolute atomic E-state index is 8.66. The van der Waals surface area contributed by atoms with Crippen LogP contribution in [-0.4, -0.2) is 6.61 Å². The Balaban J connectivity index is 2.82. The zero-order valence-electron chi connectivity index (χ0n) is 11.7. The molecule has 1 atom stereocenters. The van der Waals surface area contributed by atoms with Crippen LogP contribution in [0.2, 0.25) is 0 Å². The Morgan fingerprint density at radius 2 is 2.11 bits per heavy atom. The molecule has 98 valence electrons. The maximum atomic E-state index is 8.66. The van der Waals surface area contributed by atoms with Crippen LogP contribution in [0.1, 0.15) is 57.1 Å². The lowest BCUT2D eigenvalue weighted by Gasteiger charge is -2.16. The summed E-state index contributed by atoms with van der Waals surface area (Å²) in [5.74, 6) is 1.41. The minimum absolute atomic E-state index is 0.444. The maximum Gasteiger partial charge on any atom is 0.119 e. The third kappa shape index (κ3) is 4.07. The highest BCUT2D eigenvalue weighted by Gasteiger charge is 2.10. The quantitative estimate of drug-likeness (QED) is 0.711. The Kier molecular flexibility index (Phi) is 6.28. The Hall–Kier alpha value is -1.49. The van der Waals surface area contributed by atoms with Crippen molar-refractivity contribution < 1.29 is 4.74 Å². The molecule has 1 unspecified atom stereocenters. The minimum Gasteiger partial charge on any atom is -0.494 e. The molecule has 0 radical (unpaired) electrons. The molecule has 0 aliphatic rings. The van der Waals surface area contributed by atoms with Gasteiger partial charge in [-0.15, -0.1) is 0 Å². The number of rotatable bonds is 7. The highest BCUT2D eigenvalue weighted by atomic mass is 16.5. The molecule has 0 amide bonds. The van der Waals surface area contributed by atoms with Crippen LogP contribution in [0.5, 0.6) is 5.75 Å². The average Bonchev–Trinajstić information content (AvgIpc) is 2.42. The van der Waals surface area contributed by atoms with E-state index in [0.29, 0.717) is 12.3 Å². The summed E-state index contributed by atoms with van der Waals surface area (Å²) in [5.41, 5.74) is 2.70. The molecule has 0 aliphatic heterocycles. The Labute approximate surface area is 111 Å². The van der Waals surface area contributed by atoms with Crippen molar-refractivity contribution in [3.05, 3.63) is 29.3 Å². The van der Waals surface area contributed by atoms with Gasteiger partial charge in [0.1, 0.15) is 5.75 Å². The van der Waals surface area contributed by atoms with Gasteiger partial charge in [0, 0.05) is 6.42 Å². The van der Waals surface area contributed by atoms with E-state index in [0.717, 1.165) is 31.6 Å². The average molecular weight is 245 g/mol. The molecule has 0 fully saturated rings. The first-order valence-electron chi connectivity index (χ1n) is 6.85. The van der Waals surface area contributed by atoms with Gasteiger partial charge in [0.15, 0.2) is 0 Å². The summed E-state index contributed by atoms with van der Waals surface area (Å²) in [6.07, 6.45) is 3.59. The number of hydrogen-bond donors (Lipinski definition) is 0. The lowest BCUT2D eigenvalue weighted by molar-refractivity contribution is 0.317. The van der Waals surface area contributed by atoms with E-state index in [4.69, 9.17) is 10.00 Å². The summed E-state index contributed by atoms with van der Waals surface area (Å²) in [4.78, 5) is 0. The summed E-state index contributed by atoms with van der Waals surface area (Å²) in [6, 6.07) is 8.57. The van der Waals surface area contributed by atoms with Crippen molar-refractivity contribution in [2.75, 3.05) is 6.61 Å². The number of hydrogen-bond acceptors (Lipinski definition) is 2. The number of ether oxygens (including phenoxy) is 1. The van der Waals surface area contributed by atoms with Crippen molar-refractivity contribution in [1.82, 2.24) is 0 Å². The molecular weight excluding hydrogens is 222 g/mol.